The summed E-state index contributed by atoms with van der Waals surface area (Å²) < 4.78 is 37.7. The number of hydrogen-bond donors (Lipinski definition) is 2. The Hall–Kier alpha value is -3.69. The van der Waals surface area contributed by atoms with E-state index in [1.54, 1.807) is 36.4 Å². The Bertz CT molecular complexity index is 1200. The number of sulfonamides is 1. The van der Waals surface area contributed by atoms with Crippen LogP contribution in [-0.2, 0) is 26.1 Å². The number of rotatable bonds is 9. The van der Waals surface area contributed by atoms with Crippen LogP contribution in [0.3, 0.4) is 0 Å². The summed E-state index contributed by atoms with van der Waals surface area (Å²) in [6.45, 7) is -0.415. The summed E-state index contributed by atoms with van der Waals surface area (Å²) in [7, 11) is -2.33. The molecule has 3 aromatic rings. The Morgan fingerprint density at radius 2 is 1.66 bits per heavy atom. The predicted molar refractivity (Wildman–Crippen MR) is 119 cm³/mol. The molecule has 0 aliphatic rings. The zero-order valence-corrected chi connectivity index (χ0v) is 18.1. The quantitative estimate of drug-likeness (QED) is 0.481. The highest BCUT2D eigenvalue weighted by Gasteiger charge is 2.17. The fraction of sp³-hybridized carbons (Fsp3) is 0.130. The smallest absolute Gasteiger partial charge is 0.338 e. The second kappa shape index (κ2) is 10.6. The second-order valence-electron chi connectivity index (χ2n) is 6.69. The third-order valence-electron chi connectivity index (χ3n) is 4.38. The van der Waals surface area contributed by atoms with E-state index < -0.39 is 28.5 Å². The van der Waals surface area contributed by atoms with Gasteiger partial charge in [-0.05, 0) is 35.9 Å². The maximum atomic E-state index is 12.6. The summed E-state index contributed by atoms with van der Waals surface area (Å²) in [4.78, 5) is 24.3. The summed E-state index contributed by atoms with van der Waals surface area (Å²) in [5, 5.41) is 2.59. The molecule has 0 radical (unpaired) electrons. The SMILES string of the molecule is COc1cccc(NC(=O)COC(=O)c2cccc(S(=O)(=O)NCc3ccccc3)c2)c1. The average molecular weight is 455 g/mol. The molecule has 0 aromatic heterocycles. The lowest BCUT2D eigenvalue weighted by atomic mass is 10.2. The molecular formula is C23H22N2O6S. The van der Waals surface area contributed by atoms with Crippen molar-refractivity contribution in [1.29, 1.82) is 0 Å². The van der Waals surface area contributed by atoms with Gasteiger partial charge in [0, 0.05) is 18.3 Å². The van der Waals surface area contributed by atoms with E-state index in [4.69, 9.17) is 9.47 Å². The van der Waals surface area contributed by atoms with Gasteiger partial charge in [0.05, 0.1) is 17.6 Å². The number of hydrogen-bond acceptors (Lipinski definition) is 6. The van der Waals surface area contributed by atoms with Crippen LogP contribution in [0.5, 0.6) is 5.75 Å². The Labute approximate surface area is 186 Å². The molecule has 2 N–H and O–H groups in total. The number of benzene rings is 3. The van der Waals surface area contributed by atoms with Gasteiger partial charge in [0.2, 0.25) is 10.0 Å². The molecule has 3 aromatic carbocycles. The fourth-order valence-corrected chi connectivity index (χ4v) is 3.82. The van der Waals surface area contributed by atoms with Crippen molar-refractivity contribution in [3.8, 4) is 5.75 Å². The first kappa shape index (κ1) is 23.0. The summed E-state index contributed by atoms with van der Waals surface area (Å²) in [6, 6.07) is 21.2. The van der Waals surface area contributed by atoms with E-state index in [2.05, 4.69) is 10.0 Å². The first-order chi connectivity index (χ1) is 15.4. The molecule has 0 atom stereocenters. The van der Waals surface area contributed by atoms with Gasteiger partial charge < -0.3 is 14.8 Å². The molecule has 0 saturated carbocycles. The number of amides is 1. The lowest BCUT2D eigenvalue weighted by molar-refractivity contribution is -0.119. The molecule has 1 amide bonds. The van der Waals surface area contributed by atoms with Crippen molar-refractivity contribution in [3.63, 3.8) is 0 Å². The Kier molecular flexibility index (Phi) is 7.58. The van der Waals surface area contributed by atoms with E-state index in [1.165, 1.54) is 31.4 Å². The minimum absolute atomic E-state index is 0.0155. The van der Waals surface area contributed by atoms with Crippen LogP contribution in [0.25, 0.3) is 0 Å². The molecule has 32 heavy (non-hydrogen) atoms. The molecule has 9 heteroatoms. The third-order valence-corrected chi connectivity index (χ3v) is 5.78. The fourth-order valence-electron chi connectivity index (χ4n) is 2.76. The van der Waals surface area contributed by atoms with Crippen LogP contribution in [-0.4, -0.2) is 34.0 Å². The van der Waals surface area contributed by atoms with Gasteiger partial charge in [-0.15, -0.1) is 0 Å². The molecule has 0 aliphatic carbocycles. The van der Waals surface area contributed by atoms with Crippen molar-refractivity contribution in [2.24, 2.45) is 0 Å². The van der Waals surface area contributed by atoms with E-state index in [0.717, 1.165) is 5.56 Å². The lowest BCUT2D eigenvalue weighted by Gasteiger charge is -2.10. The summed E-state index contributed by atoms with van der Waals surface area (Å²) in [6.07, 6.45) is 0. The maximum absolute atomic E-state index is 12.6. The van der Waals surface area contributed by atoms with Crippen LogP contribution in [0, 0.1) is 0 Å². The van der Waals surface area contributed by atoms with Gasteiger partial charge in [0.15, 0.2) is 6.61 Å². The van der Waals surface area contributed by atoms with Gasteiger partial charge in [-0.1, -0.05) is 42.5 Å². The molecule has 3 rings (SSSR count). The van der Waals surface area contributed by atoms with Crippen molar-refractivity contribution in [2.75, 3.05) is 19.0 Å². The third kappa shape index (κ3) is 6.40. The van der Waals surface area contributed by atoms with Crippen molar-refractivity contribution in [1.82, 2.24) is 4.72 Å². The van der Waals surface area contributed by atoms with Crippen LogP contribution >= 0.6 is 0 Å². The van der Waals surface area contributed by atoms with Crippen molar-refractivity contribution < 1.29 is 27.5 Å². The van der Waals surface area contributed by atoms with Crippen LogP contribution in [0.4, 0.5) is 5.69 Å². The molecule has 8 nitrogen and oxygen atoms in total. The van der Waals surface area contributed by atoms with Crippen LogP contribution in [0.1, 0.15) is 15.9 Å². The van der Waals surface area contributed by atoms with Crippen LogP contribution < -0.4 is 14.8 Å². The van der Waals surface area contributed by atoms with Gasteiger partial charge in [-0.25, -0.2) is 17.9 Å². The predicted octanol–water partition coefficient (Wildman–Crippen LogP) is 2.97. The molecule has 0 fully saturated rings. The second-order valence-corrected chi connectivity index (χ2v) is 8.46. The van der Waals surface area contributed by atoms with Crippen LogP contribution in [0.2, 0.25) is 0 Å². The minimum atomic E-state index is -3.84. The number of ether oxygens (including phenoxy) is 2. The molecule has 0 unspecified atom stereocenters. The standard InChI is InChI=1S/C23H22N2O6S/c1-30-20-11-6-10-19(14-20)25-22(26)16-31-23(27)18-9-5-12-21(13-18)32(28,29)24-15-17-7-3-2-4-8-17/h2-14,24H,15-16H2,1H3,(H,25,26). The van der Waals surface area contributed by atoms with Crippen molar-refractivity contribution in [3.05, 3.63) is 90.0 Å². The molecular weight excluding hydrogens is 432 g/mol. The molecule has 0 aliphatic heterocycles. The number of methoxy groups -OCH3 is 1. The number of carbonyl (C=O) groups excluding carboxylic acids is 2. The minimum Gasteiger partial charge on any atom is -0.497 e. The van der Waals surface area contributed by atoms with Gasteiger partial charge in [-0.2, -0.15) is 0 Å². The van der Waals surface area contributed by atoms with E-state index in [9.17, 15) is 18.0 Å². The Balaban J connectivity index is 1.58. The van der Waals surface area contributed by atoms with E-state index >= 15 is 0 Å². The van der Waals surface area contributed by atoms with Crippen molar-refractivity contribution >= 4 is 27.6 Å². The molecule has 0 spiro atoms. The number of esters is 1. The average Bonchev–Trinajstić information content (AvgIpc) is 2.82. The highest BCUT2D eigenvalue weighted by molar-refractivity contribution is 7.89. The normalized spacial score (nSPS) is 10.9. The highest BCUT2D eigenvalue weighted by Crippen LogP contribution is 2.17. The molecule has 0 saturated heterocycles. The van der Waals surface area contributed by atoms with Gasteiger partial charge in [0.25, 0.3) is 5.91 Å². The number of carbonyl (C=O) groups is 2. The van der Waals surface area contributed by atoms with Crippen molar-refractivity contribution in [2.45, 2.75) is 11.4 Å². The van der Waals surface area contributed by atoms with Gasteiger partial charge in [-0.3, -0.25) is 4.79 Å². The van der Waals surface area contributed by atoms with E-state index in [-0.39, 0.29) is 17.0 Å². The Morgan fingerprint density at radius 3 is 2.41 bits per heavy atom. The largest absolute Gasteiger partial charge is 0.497 e. The summed E-state index contributed by atoms with van der Waals surface area (Å²) >= 11 is 0. The van der Waals surface area contributed by atoms with Gasteiger partial charge in [0.1, 0.15) is 5.75 Å². The first-order valence-corrected chi connectivity index (χ1v) is 11.1. The van der Waals surface area contributed by atoms with E-state index in [1.807, 2.05) is 18.2 Å². The topological polar surface area (TPSA) is 111 Å². The monoisotopic (exact) mass is 454 g/mol. The zero-order chi connectivity index (χ0) is 23.0. The molecule has 0 bridgehead atoms. The summed E-state index contributed by atoms with van der Waals surface area (Å²) in [5.74, 6) is -0.787. The van der Waals surface area contributed by atoms with E-state index in [0.29, 0.717) is 11.4 Å². The highest BCUT2D eigenvalue weighted by atomic mass is 32.2. The maximum Gasteiger partial charge on any atom is 0.338 e. The zero-order valence-electron chi connectivity index (χ0n) is 17.3. The van der Waals surface area contributed by atoms with Crippen LogP contribution in [0.15, 0.2) is 83.8 Å². The number of nitrogens with one attached hydrogen (secondary N) is 2. The number of anilines is 1. The summed E-state index contributed by atoms with van der Waals surface area (Å²) in [5.41, 5.74) is 1.30. The first-order valence-electron chi connectivity index (χ1n) is 9.62. The molecule has 0 heterocycles. The van der Waals surface area contributed by atoms with Gasteiger partial charge >= 0.3 is 5.97 Å². The molecule has 166 valence electrons. The Morgan fingerprint density at radius 1 is 0.906 bits per heavy atom. The lowest BCUT2D eigenvalue weighted by Crippen LogP contribution is -2.24.